The van der Waals surface area contributed by atoms with Gasteiger partial charge in [0.1, 0.15) is 0 Å². The summed E-state index contributed by atoms with van der Waals surface area (Å²) in [4.78, 5) is 5.17. The van der Waals surface area contributed by atoms with Crippen molar-refractivity contribution < 1.29 is 0 Å². The fourth-order valence-electron chi connectivity index (χ4n) is 2.85. The van der Waals surface area contributed by atoms with Crippen molar-refractivity contribution in [2.75, 3.05) is 50.8 Å². The van der Waals surface area contributed by atoms with E-state index >= 15 is 0 Å². The minimum absolute atomic E-state index is 0.313. The van der Waals surface area contributed by atoms with Crippen molar-refractivity contribution in [2.24, 2.45) is 5.73 Å². The van der Waals surface area contributed by atoms with Crippen LogP contribution in [-0.4, -0.2) is 66.1 Å². The van der Waals surface area contributed by atoms with Gasteiger partial charge in [0.15, 0.2) is 0 Å². The average Bonchev–Trinajstić information content (AvgIpc) is 2.70. The molecule has 23 heavy (non-hydrogen) atoms. The molecule has 0 aromatic carbocycles. The van der Waals surface area contributed by atoms with Gasteiger partial charge in [0, 0.05) is 45.0 Å². The van der Waals surface area contributed by atoms with Crippen LogP contribution in [-0.2, 0) is 0 Å². The summed E-state index contributed by atoms with van der Waals surface area (Å²) < 4.78 is 0. The van der Waals surface area contributed by atoms with Crippen molar-refractivity contribution in [3.8, 4) is 0 Å². The Morgan fingerprint density at radius 2 is 1.87 bits per heavy atom. The molecule has 0 saturated carbocycles. The number of hydrogen-bond acceptors (Lipinski definition) is 4. The van der Waals surface area contributed by atoms with E-state index in [0.717, 1.165) is 6.54 Å². The van der Waals surface area contributed by atoms with Crippen molar-refractivity contribution in [1.82, 2.24) is 9.80 Å². The van der Waals surface area contributed by atoms with Gasteiger partial charge in [0.2, 0.25) is 0 Å². The van der Waals surface area contributed by atoms with E-state index in [9.17, 15) is 0 Å². The lowest BCUT2D eigenvalue weighted by Gasteiger charge is -2.34. The van der Waals surface area contributed by atoms with E-state index < -0.39 is 0 Å². The van der Waals surface area contributed by atoms with Crippen LogP contribution in [0.15, 0.2) is 36.0 Å². The smallest absolute Gasteiger partial charge is 0.0502 e. The fraction of sp³-hybridized carbons (Fsp3) is 0.684. The van der Waals surface area contributed by atoms with Crippen molar-refractivity contribution in [1.29, 1.82) is 0 Å². The van der Waals surface area contributed by atoms with E-state index in [1.165, 1.54) is 62.6 Å². The van der Waals surface area contributed by atoms with E-state index in [4.69, 9.17) is 5.73 Å². The molecule has 1 unspecified atom stereocenters. The maximum Gasteiger partial charge on any atom is 0.0502 e. The van der Waals surface area contributed by atoms with Crippen LogP contribution in [0.1, 0.15) is 26.7 Å². The highest BCUT2D eigenvalue weighted by Gasteiger charge is 2.17. The van der Waals surface area contributed by atoms with Gasteiger partial charge >= 0.3 is 0 Å². The molecule has 1 saturated heterocycles. The molecular formula is C19H33N3S. The second kappa shape index (κ2) is 9.67. The monoisotopic (exact) mass is 335 g/mol. The van der Waals surface area contributed by atoms with Crippen LogP contribution < -0.4 is 5.73 Å². The Labute approximate surface area is 146 Å². The van der Waals surface area contributed by atoms with Crippen molar-refractivity contribution in [2.45, 2.75) is 32.2 Å². The van der Waals surface area contributed by atoms with Gasteiger partial charge in [-0.05, 0) is 24.7 Å². The van der Waals surface area contributed by atoms with Gasteiger partial charge in [-0.3, -0.25) is 9.80 Å². The van der Waals surface area contributed by atoms with Crippen LogP contribution in [0.3, 0.4) is 0 Å². The van der Waals surface area contributed by atoms with Crippen molar-refractivity contribution >= 4 is 11.8 Å². The number of hydrogen-bond donors (Lipinski definition) is 1. The SMILES string of the molecule is CCCCSCCN1CCN(CC2=CC=CC(C)(N)C=C2)CC1. The molecule has 1 aliphatic heterocycles. The first-order chi connectivity index (χ1) is 11.1. The molecule has 0 aromatic rings. The lowest BCUT2D eigenvalue weighted by atomic mass is 10.0. The van der Waals surface area contributed by atoms with Crippen LogP contribution in [0.2, 0.25) is 0 Å². The van der Waals surface area contributed by atoms with E-state index in [2.05, 4.69) is 58.9 Å². The van der Waals surface area contributed by atoms with Crippen molar-refractivity contribution in [3.05, 3.63) is 36.0 Å². The molecular weight excluding hydrogens is 302 g/mol. The van der Waals surface area contributed by atoms with Crippen molar-refractivity contribution in [3.63, 3.8) is 0 Å². The second-order valence-corrected chi connectivity index (χ2v) is 8.11. The molecule has 4 heteroatoms. The minimum atomic E-state index is -0.313. The highest BCUT2D eigenvalue weighted by Crippen LogP contribution is 2.14. The molecule has 3 nitrogen and oxygen atoms in total. The summed E-state index contributed by atoms with van der Waals surface area (Å²) in [6.45, 7) is 11.3. The Bertz CT molecular complexity index is 432. The number of unbranched alkanes of at least 4 members (excludes halogenated alkanes) is 1. The van der Waals surface area contributed by atoms with E-state index in [0.29, 0.717) is 0 Å². The Morgan fingerprint density at radius 3 is 2.61 bits per heavy atom. The number of nitrogens with two attached hydrogens (primary N) is 1. The maximum absolute atomic E-state index is 6.14. The summed E-state index contributed by atoms with van der Waals surface area (Å²) in [5.74, 6) is 2.61. The number of thioether (sulfide) groups is 1. The molecule has 0 aromatic heterocycles. The van der Waals surface area contributed by atoms with Gasteiger partial charge < -0.3 is 5.73 Å². The number of allylic oxidation sites excluding steroid dienone is 2. The summed E-state index contributed by atoms with van der Waals surface area (Å²) in [6.07, 6.45) is 13.3. The number of nitrogens with zero attached hydrogens (tertiary/aromatic N) is 2. The molecule has 0 spiro atoms. The van der Waals surface area contributed by atoms with Crippen LogP contribution in [0.4, 0.5) is 0 Å². The van der Waals surface area contributed by atoms with Gasteiger partial charge in [0.25, 0.3) is 0 Å². The highest BCUT2D eigenvalue weighted by molar-refractivity contribution is 7.99. The number of piperazine rings is 1. The quantitative estimate of drug-likeness (QED) is 0.691. The first kappa shape index (κ1) is 18.8. The van der Waals surface area contributed by atoms with Gasteiger partial charge in [-0.25, -0.2) is 0 Å². The molecule has 0 radical (unpaired) electrons. The summed E-state index contributed by atoms with van der Waals surface area (Å²) in [6, 6.07) is 0. The van der Waals surface area contributed by atoms with E-state index in [1.807, 2.05) is 6.92 Å². The standard InChI is InChI=1S/C19H33N3S/c1-3-4-15-23-16-14-21-10-12-22(13-11-21)17-18-6-5-8-19(2,20)9-7-18/h5-9H,3-4,10-17,20H2,1-2H3. The predicted octanol–water partition coefficient (Wildman–Crippen LogP) is 2.91. The van der Waals surface area contributed by atoms with Gasteiger partial charge in [0.05, 0.1) is 5.54 Å². The molecule has 1 heterocycles. The molecule has 0 amide bonds. The fourth-order valence-corrected chi connectivity index (χ4v) is 3.94. The largest absolute Gasteiger partial charge is 0.319 e. The molecule has 2 aliphatic rings. The average molecular weight is 336 g/mol. The Kier molecular flexibility index (Phi) is 7.90. The van der Waals surface area contributed by atoms with E-state index in [1.54, 1.807) is 0 Å². The summed E-state index contributed by atoms with van der Waals surface area (Å²) >= 11 is 2.11. The van der Waals surface area contributed by atoms with Crippen LogP contribution in [0, 0.1) is 0 Å². The molecule has 1 aliphatic carbocycles. The predicted molar refractivity (Wildman–Crippen MR) is 104 cm³/mol. The highest BCUT2D eigenvalue weighted by atomic mass is 32.2. The van der Waals surface area contributed by atoms with Gasteiger partial charge in [-0.2, -0.15) is 11.8 Å². The summed E-state index contributed by atoms with van der Waals surface area (Å²) in [7, 11) is 0. The number of rotatable bonds is 8. The molecule has 1 fully saturated rings. The summed E-state index contributed by atoms with van der Waals surface area (Å²) in [5, 5.41) is 0. The lowest BCUT2D eigenvalue weighted by molar-refractivity contribution is 0.147. The Balaban J connectivity index is 1.65. The van der Waals surface area contributed by atoms with Crippen LogP contribution in [0.25, 0.3) is 0 Å². The minimum Gasteiger partial charge on any atom is -0.319 e. The third-order valence-electron chi connectivity index (χ3n) is 4.49. The zero-order chi connectivity index (χ0) is 16.5. The van der Waals surface area contributed by atoms with Gasteiger partial charge in [-0.1, -0.05) is 43.7 Å². The first-order valence-corrected chi connectivity index (χ1v) is 10.1. The Morgan fingerprint density at radius 1 is 1.13 bits per heavy atom. The zero-order valence-electron chi connectivity index (χ0n) is 14.8. The molecule has 130 valence electrons. The Hall–Kier alpha value is -0.550. The third kappa shape index (κ3) is 7.25. The van der Waals surface area contributed by atoms with E-state index in [-0.39, 0.29) is 5.54 Å². The molecule has 2 rings (SSSR count). The molecule has 2 N–H and O–H groups in total. The van der Waals surface area contributed by atoms with Crippen LogP contribution in [0.5, 0.6) is 0 Å². The van der Waals surface area contributed by atoms with Crippen LogP contribution >= 0.6 is 11.8 Å². The normalized spacial score (nSPS) is 26.3. The van der Waals surface area contributed by atoms with Gasteiger partial charge in [-0.15, -0.1) is 0 Å². The molecule has 1 atom stereocenters. The summed E-state index contributed by atoms with van der Waals surface area (Å²) in [5.41, 5.74) is 7.19. The maximum atomic E-state index is 6.14. The molecule has 0 bridgehead atoms. The first-order valence-electron chi connectivity index (χ1n) is 8.98. The second-order valence-electron chi connectivity index (χ2n) is 6.88. The topological polar surface area (TPSA) is 32.5 Å². The zero-order valence-corrected chi connectivity index (χ0v) is 15.7. The lowest BCUT2D eigenvalue weighted by Crippen LogP contribution is -2.47. The third-order valence-corrected chi connectivity index (χ3v) is 5.54.